The third kappa shape index (κ3) is 22.8. The lowest BCUT2D eigenvalue weighted by Crippen LogP contribution is -2.61. The van der Waals surface area contributed by atoms with Gasteiger partial charge < -0.3 is 74.4 Å². The first kappa shape index (κ1) is 66.3. The molecule has 9 atom stereocenters. The van der Waals surface area contributed by atoms with E-state index in [4.69, 9.17) is 11.5 Å². The molecule has 3 aromatic carbocycles. The summed E-state index contributed by atoms with van der Waals surface area (Å²) in [6.45, 7) is 7.40. The third-order valence-corrected chi connectivity index (χ3v) is 12.9. The molecule has 3 aromatic rings. The number of carbonyl (C=O) groups excluding carboxylic acids is 8. The maximum Gasteiger partial charge on any atom is 0.326 e. The van der Waals surface area contributed by atoms with Crippen molar-refractivity contribution in [1.29, 1.82) is 0 Å². The van der Waals surface area contributed by atoms with Crippen LogP contribution in [0.1, 0.15) is 96.3 Å². The highest BCUT2D eigenvalue weighted by Crippen LogP contribution is 2.15. The van der Waals surface area contributed by atoms with Crippen LogP contribution in [0.2, 0.25) is 0 Å². The van der Waals surface area contributed by atoms with Crippen molar-refractivity contribution >= 4 is 59.2 Å². The van der Waals surface area contributed by atoms with Gasteiger partial charge in [-0.15, -0.1) is 0 Å². The number of carbonyl (C=O) groups is 10. The van der Waals surface area contributed by atoms with E-state index in [-0.39, 0.29) is 50.8 Å². The predicted octanol–water partition coefficient (Wildman–Crippen LogP) is -0.191. The Morgan fingerprint density at radius 3 is 1.31 bits per heavy atom. The molecule has 80 heavy (non-hydrogen) atoms. The number of aromatic hydroxyl groups is 1. The molecule has 0 saturated heterocycles. The fourth-order valence-electron chi connectivity index (χ4n) is 8.33. The number of benzene rings is 3. The number of nitrogens with one attached hydrogen (secondary N) is 8. The average molecular weight is 1120 g/mol. The minimum absolute atomic E-state index is 0.0196. The zero-order chi connectivity index (χ0) is 59.5. The van der Waals surface area contributed by atoms with E-state index in [1.54, 1.807) is 95.3 Å². The molecule has 16 N–H and O–H groups in total. The number of rotatable bonds is 35. The van der Waals surface area contributed by atoms with E-state index >= 15 is 0 Å². The number of aliphatic hydroxyl groups excluding tert-OH is 1. The van der Waals surface area contributed by atoms with Crippen molar-refractivity contribution < 1.29 is 68.4 Å². The fraction of sp³-hybridized carbons (Fsp3) is 0.500. The van der Waals surface area contributed by atoms with Crippen LogP contribution in [0.5, 0.6) is 5.75 Å². The second-order valence-electron chi connectivity index (χ2n) is 20.2. The van der Waals surface area contributed by atoms with Crippen molar-refractivity contribution in [3.63, 3.8) is 0 Å². The molecule has 0 aliphatic heterocycles. The minimum Gasteiger partial charge on any atom is -0.508 e. The summed E-state index contributed by atoms with van der Waals surface area (Å²) in [5.41, 5.74) is 13.8. The number of unbranched alkanes of at least 4 members (excludes halogenated alkanes) is 1. The van der Waals surface area contributed by atoms with Crippen molar-refractivity contribution in [2.75, 3.05) is 13.2 Å². The van der Waals surface area contributed by atoms with Crippen LogP contribution in [0.15, 0.2) is 84.9 Å². The van der Waals surface area contributed by atoms with Gasteiger partial charge in [-0.1, -0.05) is 114 Å². The summed E-state index contributed by atoms with van der Waals surface area (Å²) in [6, 6.07) is 10.8. The Kier molecular flexibility index (Phi) is 28.3. The van der Waals surface area contributed by atoms with E-state index in [0.29, 0.717) is 24.0 Å². The van der Waals surface area contributed by atoms with Crippen LogP contribution in [0, 0.1) is 11.8 Å². The number of aliphatic carboxylic acids is 2. The van der Waals surface area contributed by atoms with E-state index in [9.17, 15) is 68.4 Å². The molecule has 0 bridgehead atoms. The Morgan fingerprint density at radius 1 is 0.463 bits per heavy atom. The topological polar surface area (TPSA) is 400 Å². The van der Waals surface area contributed by atoms with E-state index in [1.165, 1.54) is 24.3 Å². The molecule has 3 rings (SSSR count). The summed E-state index contributed by atoms with van der Waals surface area (Å²) in [7, 11) is 0. The molecule has 0 spiro atoms. The van der Waals surface area contributed by atoms with Crippen LogP contribution in [-0.4, -0.2) is 147 Å². The lowest BCUT2D eigenvalue weighted by molar-refractivity contribution is -0.143. The molecule has 24 heteroatoms. The third-order valence-electron chi connectivity index (χ3n) is 12.9. The molecule has 0 aliphatic carbocycles. The highest BCUT2D eigenvalue weighted by Gasteiger charge is 2.36. The van der Waals surface area contributed by atoms with E-state index in [0.717, 1.165) is 5.56 Å². The zero-order valence-electron chi connectivity index (χ0n) is 45.9. The summed E-state index contributed by atoms with van der Waals surface area (Å²) >= 11 is 0. The monoisotopic (exact) mass is 1120 g/mol. The molecule has 0 heterocycles. The van der Waals surface area contributed by atoms with Gasteiger partial charge in [0.25, 0.3) is 0 Å². The summed E-state index contributed by atoms with van der Waals surface area (Å²) in [5, 5.41) is 60.0. The van der Waals surface area contributed by atoms with Crippen molar-refractivity contribution in [3.8, 4) is 5.75 Å². The van der Waals surface area contributed by atoms with Crippen LogP contribution in [0.4, 0.5) is 0 Å². The van der Waals surface area contributed by atoms with E-state index in [1.807, 2.05) is 0 Å². The van der Waals surface area contributed by atoms with Gasteiger partial charge >= 0.3 is 11.9 Å². The summed E-state index contributed by atoms with van der Waals surface area (Å²) < 4.78 is 0. The van der Waals surface area contributed by atoms with Gasteiger partial charge in [-0.05, 0) is 85.7 Å². The minimum atomic E-state index is -1.71. The van der Waals surface area contributed by atoms with Gasteiger partial charge in [-0.2, -0.15) is 0 Å². The standard InChI is InChI=1S/C56H80N10O14/c1-6-15-39(49(72)62-42(29-35-18-11-8-12-19-35)52(75)63-43(30-36-21-23-37(68)24-22-36)53(76)66-47(33(4)5)56(79)80)59-50(73)40(20-13-14-27-57)60-51(74)41(25-26-45(69)70)61-54(77)44(31-67)64-55(78)46(32(2)3)65-48(71)38(58)28-34-16-9-7-10-17-34/h7-12,16-19,21-24,32-33,38-44,46-47,67-68H,6,13-15,20,25-31,57-58H2,1-5H3,(H,59,73)(H,60,74)(H,61,77)(H,62,72)(H,63,75)(H,64,78)(H,65,71)(H,66,76)(H,69,70)(H,79,80)/t38-,39-,40-,41-,42-,43-,44-,46-,47-/m0/s1. The number of nitrogens with two attached hydrogens (primary N) is 2. The first-order chi connectivity index (χ1) is 38.0. The number of phenolic OH excluding ortho intramolecular Hbond substituents is 1. The maximum atomic E-state index is 14.4. The van der Waals surface area contributed by atoms with Gasteiger partial charge in [0, 0.05) is 19.3 Å². The van der Waals surface area contributed by atoms with Crippen LogP contribution in [-0.2, 0) is 67.2 Å². The van der Waals surface area contributed by atoms with Gasteiger partial charge in [0.1, 0.15) is 54.1 Å². The van der Waals surface area contributed by atoms with E-state index < -0.39 is 145 Å². The van der Waals surface area contributed by atoms with Crippen molar-refractivity contribution in [1.82, 2.24) is 42.5 Å². The SMILES string of the molecule is CCC[C@H](NC(=O)[C@H](CCCCN)NC(=O)[C@H](CCC(=O)O)NC(=O)[C@H](CO)NC(=O)[C@@H](NC(=O)[C@@H](N)Cc1ccccc1)C(C)C)C(=O)N[C@@H](Cc1ccccc1)C(=O)N[C@@H](Cc1ccc(O)cc1)C(=O)N[C@H](C(=O)O)C(C)C. The van der Waals surface area contributed by atoms with Gasteiger partial charge in [0.15, 0.2) is 0 Å². The first-order valence-electron chi connectivity index (χ1n) is 26.8. The van der Waals surface area contributed by atoms with Crippen LogP contribution >= 0.6 is 0 Å². The molecule has 438 valence electrons. The number of carboxylic acid groups (broad SMARTS) is 2. The van der Waals surface area contributed by atoms with Crippen molar-refractivity contribution in [3.05, 3.63) is 102 Å². The molecule has 0 unspecified atom stereocenters. The number of carboxylic acids is 2. The lowest BCUT2D eigenvalue weighted by atomic mass is 10.00. The van der Waals surface area contributed by atoms with Gasteiger partial charge in [0.05, 0.1) is 12.6 Å². The molecule has 0 aromatic heterocycles. The number of aliphatic hydroxyl groups is 1. The Bertz CT molecular complexity index is 2520. The number of hydrogen-bond donors (Lipinski definition) is 14. The summed E-state index contributed by atoms with van der Waals surface area (Å²) in [4.78, 5) is 135. The molecular formula is C56H80N10O14. The predicted molar refractivity (Wildman–Crippen MR) is 295 cm³/mol. The highest BCUT2D eigenvalue weighted by molar-refractivity contribution is 5.98. The Morgan fingerprint density at radius 2 is 0.863 bits per heavy atom. The molecule has 0 saturated carbocycles. The highest BCUT2D eigenvalue weighted by atomic mass is 16.4. The smallest absolute Gasteiger partial charge is 0.326 e. The largest absolute Gasteiger partial charge is 0.508 e. The van der Waals surface area contributed by atoms with Gasteiger partial charge in [0.2, 0.25) is 47.3 Å². The van der Waals surface area contributed by atoms with Crippen LogP contribution in [0.3, 0.4) is 0 Å². The molecule has 0 aliphatic rings. The number of amides is 8. The Hall–Kier alpha value is -7.96. The van der Waals surface area contributed by atoms with Crippen LogP contribution in [0.25, 0.3) is 0 Å². The van der Waals surface area contributed by atoms with E-state index in [2.05, 4.69) is 42.5 Å². The fourth-order valence-corrected chi connectivity index (χ4v) is 8.33. The molecular weight excluding hydrogens is 1040 g/mol. The quantitative estimate of drug-likeness (QED) is 0.0340. The normalized spacial score (nSPS) is 14.5. The molecule has 0 fully saturated rings. The molecule has 0 radical (unpaired) electrons. The zero-order valence-corrected chi connectivity index (χ0v) is 45.9. The summed E-state index contributed by atoms with van der Waals surface area (Å²) in [6.07, 6.45) is -0.296. The second-order valence-corrected chi connectivity index (χ2v) is 20.2. The molecule has 24 nitrogen and oxygen atoms in total. The Balaban J connectivity index is 1.87. The molecule has 8 amide bonds. The number of phenols is 1. The maximum absolute atomic E-state index is 14.4. The summed E-state index contributed by atoms with van der Waals surface area (Å²) in [5.74, 6) is -10.8. The Labute approximate surface area is 465 Å². The second kappa shape index (κ2) is 34.1. The van der Waals surface area contributed by atoms with Crippen LogP contribution < -0.4 is 54.0 Å². The average Bonchev–Trinajstić information content (AvgIpc) is 3.41. The van der Waals surface area contributed by atoms with Gasteiger partial charge in [-0.25, -0.2) is 4.79 Å². The first-order valence-corrected chi connectivity index (χ1v) is 26.8. The van der Waals surface area contributed by atoms with Crippen molar-refractivity contribution in [2.45, 2.75) is 153 Å². The van der Waals surface area contributed by atoms with Gasteiger partial charge in [-0.3, -0.25) is 43.2 Å². The van der Waals surface area contributed by atoms with Crippen molar-refractivity contribution in [2.24, 2.45) is 23.3 Å². The lowest BCUT2D eigenvalue weighted by Gasteiger charge is -2.28. The number of hydrogen-bond acceptors (Lipinski definition) is 14.